The van der Waals surface area contributed by atoms with Gasteiger partial charge in [0.15, 0.2) is 0 Å². The van der Waals surface area contributed by atoms with Crippen molar-refractivity contribution in [1.82, 2.24) is 20.3 Å². The summed E-state index contributed by atoms with van der Waals surface area (Å²) < 4.78 is 1.70. The predicted octanol–water partition coefficient (Wildman–Crippen LogP) is 0.921. The highest BCUT2D eigenvalue weighted by Gasteiger charge is 2.41. The molecule has 0 aliphatic heterocycles. The molecule has 116 valence electrons. The smallest absolute Gasteiger partial charge is 0.307 e. The first kappa shape index (κ1) is 15.5. The van der Waals surface area contributed by atoms with Gasteiger partial charge in [0.25, 0.3) is 0 Å². The fourth-order valence-corrected chi connectivity index (χ4v) is 2.97. The van der Waals surface area contributed by atoms with Crippen molar-refractivity contribution in [3.05, 3.63) is 12.4 Å². The Balaban J connectivity index is 1.77. The highest BCUT2D eigenvalue weighted by Crippen LogP contribution is 2.38. The van der Waals surface area contributed by atoms with E-state index in [0.717, 1.165) is 12.8 Å². The number of amides is 1. The summed E-state index contributed by atoms with van der Waals surface area (Å²) in [6, 6.07) is 0. The Kier molecular flexibility index (Phi) is 5.30. The molecule has 1 aromatic rings. The zero-order valence-corrected chi connectivity index (χ0v) is 12.2. The van der Waals surface area contributed by atoms with Gasteiger partial charge in [0.05, 0.1) is 18.0 Å². The number of hydrogen-bond donors (Lipinski definition) is 2. The molecule has 1 aromatic heterocycles. The van der Waals surface area contributed by atoms with Crippen LogP contribution >= 0.6 is 0 Å². The van der Waals surface area contributed by atoms with Crippen LogP contribution in [0.4, 0.5) is 0 Å². The molecular weight excluding hydrogens is 272 g/mol. The van der Waals surface area contributed by atoms with Crippen molar-refractivity contribution in [2.45, 2.75) is 39.2 Å². The molecule has 1 unspecified atom stereocenters. The summed E-state index contributed by atoms with van der Waals surface area (Å²) in [5.41, 5.74) is 0. The Morgan fingerprint density at radius 1 is 1.38 bits per heavy atom. The molecule has 7 nitrogen and oxygen atoms in total. The van der Waals surface area contributed by atoms with Gasteiger partial charge in [0, 0.05) is 19.3 Å². The van der Waals surface area contributed by atoms with Crippen LogP contribution in [0.25, 0.3) is 0 Å². The Morgan fingerprint density at radius 2 is 2.14 bits per heavy atom. The van der Waals surface area contributed by atoms with Crippen LogP contribution in [-0.2, 0) is 16.1 Å². The van der Waals surface area contributed by atoms with Gasteiger partial charge >= 0.3 is 5.97 Å². The highest BCUT2D eigenvalue weighted by molar-refractivity contribution is 5.85. The van der Waals surface area contributed by atoms with Crippen LogP contribution in [0.1, 0.15) is 32.6 Å². The average molecular weight is 294 g/mol. The molecule has 1 fully saturated rings. The predicted molar refractivity (Wildman–Crippen MR) is 75.3 cm³/mol. The molecular formula is C14H22N4O3. The molecule has 1 aliphatic carbocycles. The van der Waals surface area contributed by atoms with Crippen LogP contribution in [0.5, 0.6) is 0 Å². The van der Waals surface area contributed by atoms with Crippen LogP contribution < -0.4 is 5.32 Å². The molecule has 1 aliphatic rings. The van der Waals surface area contributed by atoms with Gasteiger partial charge in [-0.3, -0.25) is 14.3 Å². The van der Waals surface area contributed by atoms with E-state index in [1.807, 2.05) is 6.92 Å². The average Bonchev–Trinajstić information content (AvgIpc) is 3.12. The summed E-state index contributed by atoms with van der Waals surface area (Å²) in [6.45, 7) is 3.26. The lowest BCUT2D eigenvalue weighted by Gasteiger charge is -2.15. The molecule has 0 spiro atoms. The Bertz CT molecular complexity index is 475. The van der Waals surface area contributed by atoms with Crippen LogP contribution in [0.3, 0.4) is 0 Å². The van der Waals surface area contributed by atoms with E-state index in [2.05, 4.69) is 15.6 Å². The third kappa shape index (κ3) is 4.03. The number of nitrogens with zero attached hydrogens (tertiary/aromatic N) is 3. The van der Waals surface area contributed by atoms with Crippen LogP contribution in [0.15, 0.2) is 12.4 Å². The van der Waals surface area contributed by atoms with Crippen molar-refractivity contribution in [3.63, 3.8) is 0 Å². The maximum Gasteiger partial charge on any atom is 0.307 e. The number of aryl methyl sites for hydroxylation is 1. The largest absolute Gasteiger partial charge is 0.481 e. The van der Waals surface area contributed by atoms with Gasteiger partial charge in [-0.15, -0.1) is 5.10 Å². The lowest BCUT2D eigenvalue weighted by Crippen LogP contribution is -2.36. The second kappa shape index (κ2) is 7.19. The molecule has 2 rings (SSSR count). The standard InChI is InChI=1S/C14H22N4O3/c1-2-10-8-11(12(9-10)14(20)21)13(19)15-4-3-6-18-7-5-16-17-18/h5,7,10-12H,2-4,6,8-9H2,1H3,(H,15,19)(H,20,21)/t10?,11-,12+/m0/s1. The number of aliphatic carboxylic acids is 1. The molecule has 3 atom stereocenters. The van der Waals surface area contributed by atoms with Gasteiger partial charge in [-0.05, 0) is 25.2 Å². The number of carbonyl (C=O) groups is 2. The minimum absolute atomic E-state index is 0.128. The Labute approximate surface area is 123 Å². The number of aromatic nitrogens is 3. The van der Waals surface area contributed by atoms with E-state index in [4.69, 9.17) is 0 Å². The van der Waals surface area contributed by atoms with Crippen LogP contribution in [0.2, 0.25) is 0 Å². The first-order chi connectivity index (χ1) is 10.1. The molecule has 7 heteroatoms. The molecule has 21 heavy (non-hydrogen) atoms. The van der Waals surface area contributed by atoms with Crippen molar-refractivity contribution in [3.8, 4) is 0 Å². The number of carboxylic acid groups (broad SMARTS) is 1. The second-order valence-electron chi connectivity index (χ2n) is 5.61. The summed E-state index contributed by atoms with van der Waals surface area (Å²) in [4.78, 5) is 23.4. The van der Waals surface area contributed by atoms with E-state index in [9.17, 15) is 14.7 Å². The van der Waals surface area contributed by atoms with Crippen molar-refractivity contribution < 1.29 is 14.7 Å². The van der Waals surface area contributed by atoms with Gasteiger partial charge in [0.2, 0.25) is 5.91 Å². The molecule has 0 saturated heterocycles. The lowest BCUT2D eigenvalue weighted by atomic mass is 9.95. The number of nitrogens with one attached hydrogen (secondary N) is 1. The van der Waals surface area contributed by atoms with E-state index < -0.39 is 11.9 Å². The maximum absolute atomic E-state index is 12.2. The SMILES string of the molecule is CCC1C[C@H](C(=O)NCCCn2ccnn2)[C@H](C(=O)O)C1. The Hall–Kier alpha value is -1.92. The summed E-state index contributed by atoms with van der Waals surface area (Å²) in [6.07, 6.45) is 6.35. The molecule has 0 aromatic carbocycles. The van der Waals surface area contributed by atoms with Gasteiger partial charge in [-0.2, -0.15) is 0 Å². The summed E-state index contributed by atoms with van der Waals surface area (Å²) in [7, 11) is 0. The summed E-state index contributed by atoms with van der Waals surface area (Å²) >= 11 is 0. The van der Waals surface area contributed by atoms with E-state index >= 15 is 0 Å². The van der Waals surface area contributed by atoms with Gasteiger partial charge in [-0.25, -0.2) is 0 Å². The van der Waals surface area contributed by atoms with Crippen LogP contribution in [0, 0.1) is 17.8 Å². The summed E-state index contributed by atoms with van der Waals surface area (Å²) in [5.74, 6) is -1.56. The second-order valence-corrected chi connectivity index (χ2v) is 5.61. The normalized spacial score (nSPS) is 24.9. The molecule has 1 heterocycles. The third-order valence-electron chi connectivity index (χ3n) is 4.23. The first-order valence-corrected chi connectivity index (χ1v) is 7.46. The maximum atomic E-state index is 12.2. The third-order valence-corrected chi connectivity index (χ3v) is 4.23. The highest BCUT2D eigenvalue weighted by atomic mass is 16.4. The molecule has 1 saturated carbocycles. The fraction of sp³-hybridized carbons (Fsp3) is 0.714. The molecule has 0 radical (unpaired) electrons. The van der Waals surface area contributed by atoms with Gasteiger partial charge in [0.1, 0.15) is 0 Å². The Morgan fingerprint density at radius 3 is 2.76 bits per heavy atom. The van der Waals surface area contributed by atoms with Crippen molar-refractivity contribution in [2.75, 3.05) is 6.54 Å². The number of carboxylic acids is 1. The van der Waals surface area contributed by atoms with Gasteiger partial charge < -0.3 is 10.4 Å². The molecule has 0 bridgehead atoms. The van der Waals surface area contributed by atoms with E-state index in [1.54, 1.807) is 17.1 Å². The van der Waals surface area contributed by atoms with E-state index in [-0.39, 0.29) is 11.8 Å². The fourth-order valence-electron chi connectivity index (χ4n) is 2.97. The molecule has 1 amide bonds. The lowest BCUT2D eigenvalue weighted by molar-refractivity contribution is -0.146. The van der Waals surface area contributed by atoms with Crippen molar-refractivity contribution >= 4 is 11.9 Å². The van der Waals surface area contributed by atoms with Gasteiger partial charge in [-0.1, -0.05) is 18.6 Å². The quantitative estimate of drug-likeness (QED) is 0.729. The molecule has 2 N–H and O–H groups in total. The van der Waals surface area contributed by atoms with E-state index in [0.29, 0.717) is 31.8 Å². The first-order valence-electron chi connectivity index (χ1n) is 7.46. The monoisotopic (exact) mass is 294 g/mol. The number of rotatable bonds is 7. The topological polar surface area (TPSA) is 97.1 Å². The van der Waals surface area contributed by atoms with E-state index in [1.165, 1.54) is 0 Å². The minimum atomic E-state index is -0.853. The number of hydrogen-bond acceptors (Lipinski definition) is 4. The summed E-state index contributed by atoms with van der Waals surface area (Å²) in [5, 5.41) is 19.6. The van der Waals surface area contributed by atoms with Crippen molar-refractivity contribution in [1.29, 1.82) is 0 Å². The van der Waals surface area contributed by atoms with Crippen LogP contribution in [-0.4, -0.2) is 38.5 Å². The zero-order valence-electron chi connectivity index (χ0n) is 12.2. The number of carbonyl (C=O) groups excluding carboxylic acids is 1. The minimum Gasteiger partial charge on any atom is -0.481 e. The zero-order chi connectivity index (χ0) is 15.2. The van der Waals surface area contributed by atoms with Crippen molar-refractivity contribution in [2.24, 2.45) is 17.8 Å².